The zero-order chi connectivity index (χ0) is 3.86. The van der Waals surface area contributed by atoms with E-state index in [2.05, 4.69) is 45.2 Å². The smallest absolute Gasteiger partial charge is 0.0238 e. The summed E-state index contributed by atoms with van der Waals surface area (Å²) in [5.41, 5.74) is 0. The third-order valence-electron chi connectivity index (χ3n) is 0.640. The van der Waals surface area contributed by atoms with Gasteiger partial charge in [-0.25, -0.2) is 0 Å². The summed E-state index contributed by atoms with van der Waals surface area (Å²) in [6.45, 7) is 0. The van der Waals surface area contributed by atoms with Crippen LogP contribution in [0.15, 0.2) is 0 Å². The van der Waals surface area contributed by atoms with Crippen molar-refractivity contribution < 1.29 is 0 Å². The Morgan fingerprint density at radius 1 is 1.20 bits per heavy atom. The Kier molecular flexibility index (Phi) is 1.40. The van der Waals surface area contributed by atoms with Crippen LogP contribution in [0.3, 0.4) is 0 Å². The maximum Gasteiger partial charge on any atom is 0.0238 e. The van der Waals surface area contributed by atoms with Crippen LogP contribution in [0.1, 0.15) is 6.42 Å². The van der Waals surface area contributed by atoms with Crippen LogP contribution in [0.25, 0.3) is 0 Å². The summed E-state index contributed by atoms with van der Waals surface area (Å²) in [7, 11) is 0. The molecular weight excluding hydrogens is 290 g/mol. The van der Waals surface area contributed by atoms with Gasteiger partial charge in [-0.1, -0.05) is 45.2 Å². The minimum absolute atomic E-state index is 1.01. The average molecular weight is 294 g/mol. The lowest BCUT2D eigenvalue weighted by molar-refractivity contribution is 1.55. The second-order valence-electron chi connectivity index (χ2n) is 1.27. The molecule has 30 valence electrons. The molecule has 0 aliphatic heterocycles. The largest absolute Gasteiger partial charge is 0.0814 e. The molecule has 0 spiro atoms. The van der Waals surface area contributed by atoms with Crippen molar-refractivity contribution in [3.8, 4) is 0 Å². The number of alkyl halides is 2. The van der Waals surface area contributed by atoms with Crippen LogP contribution in [0, 0.1) is 0 Å². The predicted molar refractivity (Wildman–Crippen MR) is 40.2 cm³/mol. The highest BCUT2D eigenvalue weighted by atomic mass is 127. The lowest BCUT2D eigenvalue weighted by Crippen LogP contribution is -1.61. The number of rotatable bonds is 0. The first-order chi connectivity index (χ1) is 2.30. The van der Waals surface area contributed by atoms with Crippen molar-refractivity contribution in [2.75, 3.05) is 0 Å². The molecule has 2 unspecified atom stereocenters. The molecule has 1 aliphatic carbocycles. The van der Waals surface area contributed by atoms with E-state index in [1.54, 1.807) is 0 Å². The zero-order valence-corrected chi connectivity index (χ0v) is 6.93. The van der Waals surface area contributed by atoms with E-state index in [9.17, 15) is 0 Å². The molecule has 2 atom stereocenters. The Balaban J connectivity index is 2.20. The molecule has 1 rings (SSSR count). The van der Waals surface area contributed by atoms with Gasteiger partial charge in [0.15, 0.2) is 0 Å². The molecule has 2 heteroatoms. The SMILES string of the molecule is IC1CC1I. The first kappa shape index (κ1) is 4.61. The molecule has 0 N–H and O–H groups in total. The van der Waals surface area contributed by atoms with Crippen molar-refractivity contribution in [3.63, 3.8) is 0 Å². The summed E-state index contributed by atoms with van der Waals surface area (Å²) < 4.78 is 2.02. The zero-order valence-electron chi connectivity index (χ0n) is 2.62. The summed E-state index contributed by atoms with van der Waals surface area (Å²) >= 11 is 4.95. The first-order valence-corrected chi connectivity index (χ1v) is 4.08. The van der Waals surface area contributed by atoms with E-state index in [1.165, 1.54) is 6.42 Å². The fourth-order valence-electron chi connectivity index (χ4n) is 0.137. The monoisotopic (exact) mass is 294 g/mol. The van der Waals surface area contributed by atoms with Gasteiger partial charge in [-0.15, -0.1) is 0 Å². The van der Waals surface area contributed by atoms with Gasteiger partial charge in [0.05, 0.1) is 0 Å². The molecular formula is C3H4I2. The van der Waals surface area contributed by atoms with Gasteiger partial charge in [-0.2, -0.15) is 0 Å². The lowest BCUT2D eigenvalue weighted by Gasteiger charge is -1.62. The number of halogens is 2. The van der Waals surface area contributed by atoms with E-state index in [1.807, 2.05) is 0 Å². The van der Waals surface area contributed by atoms with Crippen molar-refractivity contribution in [1.29, 1.82) is 0 Å². The Hall–Kier alpha value is 1.46. The summed E-state index contributed by atoms with van der Waals surface area (Å²) in [6, 6.07) is 0. The van der Waals surface area contributed by atoms with E-state index in [4.69, 9.17) is 0 Å². The van der Waals surface area contributed by atoms with Crippen molar-refractivity contribution in [2.45, 2.75) is 14.3 Å². The maximum absolute atomic E-state index is 2.47. The van der Waals surface area contributed by atoms with Gasteiger partial charge in [0.1, 0.15) is 0 Å². The van der Waals surface area contributed by atoms with Gasteiger partial charge in [0.25, 0.3) is 0 Å². The van der Waals surface area contributed by atoms with Crippen LogP contribution in [-0.4, -0.2) is 7.85 Å². The molecule has 1 saturated carbocycles. The van der Waals surface area contributed by atoms with Crippen molar-refractivity contribution >= 4 is 45.2 Å². The van der Waals surface area contributed by atoms with E-state index >= 15 is 0 Å². The van der Waals surface area contributed by atoms with Crippen molar-refractivity contribution in [2.24, 2.45) is 0 Å². The minimum atomic E-state index is 1.01. The Labute approximate surface area is 59.0 Å². The molecule has 0 nitrogen and oxygen atoms in total. The van der Waals surface area contributed by atoms with Gasteiger partial charge in [0.2, 0.25) is 0 Å². The number of hydrogen-bond acceptors (Lipinski definition) is 0. The molecule has 0 aromatic rings. The van der Waals surface area contributed by atoms with E-state index in [0.29, 0.717) is 0 Å². The van der Waals surface area contributed by atoms with Crippen molar-refractivity contribution in [1.82, 2.24) is 0 Å². The Bertz CT molecular complexity index is 38.2. The molecule has 0 aromatic carbocycles. The quantitative estimate of drug-likeness (QED) is 0.473. The standard InChI is InChI=1S/C3H4I2/c4-2-1-3(2)5/h2-3H,1H2. The van der Waals surface area contributed by atoms with Gasteiger partial charge in [-0.05, 0) is 6.42 Å². The Morgan fingerprint density at radius 3 is 1.40 bits per heavy atom. The normalized spacial score (nSPS) is 49.2. The van der Waals surface area contributed by atoms with Gasteiger partial charge >= 0.3 is 0 Å². The van der Waals surface area contributed by atoms with Crippen molar-refractivity contribution in [3.05, 3.63) is 0 Å². The first-order valence-electron chi connectivity index (χ1n) is 1.59. The molecule has 5 heavy (non-hydrogen) atoms. The Morgan fingerprint density at radius 2 is 1.40 bits per heavy atom. The molecule has 1 aliphatic rings. The third kappa shape index (κ3) is 1.17. The third-order valence-corrected chi connectivity index (χ3v) is 4.77. The second kappa shape index (κ2) is 1.52. The van der Waals surface area contributed by atoms with E-state index in [0.717, 1.165) is 7.85 Å². The fraction of sp³-hybridized carbons (Fsp3) is 1.00. The molecule has 1 fully saturated rings. The molecule has 0 saturated heterocycles. The van der Waals surface area contributed by atoms with Crippen LogP contribution >= 0.6 is 45.2 Å². The number of hydrogen-bond donors (Lipinski definition) is 0. The molecule has 0 bridgehead atoms. The summed E-state index contributed by atoms with van der Waals surface area (Å²) in [5.74, 6) is 0. The fourth-order valence-corrected chi connectivity index (χ4v) is 2.21. The lowest BCUT2D eigenvalue weighted by atomic mass is 11.0. The van der Waals surface area contributed by atoms with Crippen LogP contribution < -0.4 is 0 Å². The van der Waals surface area contributed by atoms with E-state index in [-0.39, 0.29) is 0 Å². The molecule has 0 heterocycles. The second-order valence-corrected chi connectivity index (χ2v) is 4.47. The topological polar surface area (TPSA) is 0 Å². The summed E-state index contributed by atoms with van der Waals surface area (Å²) in [5, 5.41) is 0. The minimum Gasteiger partial charge on any atom is -0.0814 e. The average Bonchev–Trinajstić information content (AvgIpc) is 1.79. The van der Waals surface area contributed by atoms with E-state index < -0.39 is 0 Å². The maximum atomic E-state index is 2.47. The van der Waals surface area contributed by atoms with Crippen LogP contribution in [-0.2, 0) is 0 Å². The molecule has 0 radical (unpaired) electrons. The van der Waals surface area contributed by atoms with Crippen LogP contribution in [0.5, 0.6) is 0 Å². The van der Waals surface area contributed by atoms with Crippen LogP contribution in [0.4, 0.5) is 0 Å². The molecule has 0 amide bonds. The highest BCUT2D eigenvalue weighted by Gasteiger charge is 2.30. The van der Waals surface area contributed by atoms with Gasteiger partial charge < -0.3 is 0 Å². The summed E-state index contributed by atoms with van der Waals surface area (Å²) in [6.07, 6.45) is 1.45. The predicted octanol–water partition coefficient (Wildman–Crippen LogP) is 2.00. The molecule has 0 aromatic heterocycles. The highest BCUT2D eigenvalue weighted by Crippen LogP contribution is 2.37. The van der Waals surface area contributed by atoms with Gasteiger partial charge in [-0.3, -0.25) is 0 Å². The highest BCUT2D eigenvalue weighted by molar-refractivity contribution is 14.1. The van der Waals surface area contributed by atoms with Gasteiger partial charge in [0, 0.05) is 7.85 Å². The van der Waals surface area contributed by atoms with Crippen LogP contribution in [0.2, 0.25) is 0 Å². The summed E-state index contributed by atoms with van der Waals surface area (Å²) in [4.78, 5) is 0.